The topological polar surface area (TPSA) is 52.6 Å². The van der Waals surface area contributed by atoms with Crippen molar-refractivity contribution in [1.82, 2.24) is 0 Å². The minimum absolute atomic E-state index is 0.378. The summed E-state index contributed by atoms with van der Waals surface area (Å²) in [5.74, 6) is -1.00. The van der Waals surface area contributed by atoms with Crippen LogP contribution in [0.5, 0.6) is 0 Å². The lowest BCUT2D eigenvalue weighted by Gasteiger charge is -2.02. The zero-order valence-electron chi connectivity index (χ0n) is 9.19. The van der Waals surface area contributed by atoms with Crippen LogP contribution >= 0.6 is 0 Å². The molecular formula is C12H16O4. The number of hydrogen-bond donors (Lipinski definition) is 0. The van der Waals surface area contributed by atoms with Crippen molar-refractivity contribution in [3.63, 3.8) is 0 Å². The summed E-state index contributed by atoms with van der Waals surface area (Å²) in [6.45, 7) is 0.755. The van der Waals surface area contributed by atoms with Gasteiger partial charge in [0.1, 0.15) is 0 Å². The Kier molecular flexibility index (Phi) is 5.99. The van der Waals surface area contributed by atoms with Crippen LogP contribution in [0.25, 0.3) is 0 Å². The maximum atomic E-state index is 11.1. The molecule has 0 atom stereocenters. The molecule has 0 bridgehead atoms. The fraction of sp³-hybridized carbons (Fsp3) is 0.500. The summed E-state index contributed by atoms with van der Waals surface area (Å²) in [6, 6.07) is 0. The fourth-order valence-electron chi connectivity index (χ4n) is 1.22. The molecule has 0 aliphatic carbocycles. The molecule has 4 nitrogen and oxygen atoms in total. The maximum Gasteiger partial charge on any atom is 0.331 e. The third-order valence-corrected chi connectivity index (χ3v) is 2.04. The van der Waals surface area contributed by atoms with Crippen molar-refractivity contribution in [3.8, 4) is 0 Å². The van der Waals surface area contributed by atoms with E-state index < -0.39 is 11.9 Å². The summed E-state index contributed by atoms with van der Waals surface area (Å²) in [6.07, 6.45) is 9.72. The van der Waals surface area contributed by atoms with Crippen LogP contribution in [0.2, 0.25) is 0 Å². The molecule has 0 radical (unpaired) electrons. The first-order valence-corrected chi connectivity index (χ1v) is 5.45. The van der Waals surface area contributed by atoms with E-state index in [9.17, 15) is 9.59 Å². The zero-order chi connectivity index (χ0) is 11.6. The lowest BCUT2D eigenvalue weighted by atomic mass is 10.2. The predicted molar refractivity (Wildman–Crippen MR) is 58.7 cm³/mol. The summed E-state index contributed by atoms with van der Waals surface area (Å²) in [5, 5.41) is 0. The minimum atomic E-state index is -0.502. The number of hydrogen-bond acceptors (Lipinski definition) is 4. The smallest absolute Gasteiger partial charge is 0.331 e. The Morgan fingerprint density at radius 3 is 1.69 bits per heavy atom. The molecule has 0 spiro atoms. The molecule has 0 aromatic rings. The highest BCUT2D eigenvalue weighted by Gasteiger charge is 2.01. The lowest BCUT2D eigenvalue weighted by Crippen LogP contribution is -2.06. The summed E-state index contributed by atoms with van der Waals surface area (Å²) in [7, 11) is 0. The number of rotatable bonds is 0. The second-order valence-corrected chi connectivity index (χ2v) is 3.42. The van der Waals surface area contributed by atoms with Crippen molar-refractivity contribution in [1.29, 1.82) is 0 Å². The summed E-state index contributed by atoms with van der Waals surface area (Å²) in [5.41, 5.74) is 0. The average Bonchev–Trinajstić information content (AvgIpc) is 2.28. The van der Waals surface area contributed by atoms with Gasteiger partial charge in [-0.1, -0.05) is 12.2 Å². The van der Waals surface area contributed by atoms with Gasteiger partial charge in [0.2, 0.25) is 0 Å². The van der Waals surface area contributed by atoms with E-state index in [4.69, 9.17) is 9.47 Å². The Labute approximate surface area is 94.9 Å². The molecule has 88 valence electrons. The van der Waals surface area contributed by atoms with Gasteiger partial charge in [-0.2, -0.15) is 0 Å². The first kappa shape index (κ1) is 12.5. The van der Waals surface area contributed by atoms with E-state index in [0.717, 1.165) is 37.8 Å². The van der Waals surface area contributed by atoms with Crippen LogP contribution in [0.1, 0.15) is 25.7 Å². The van der Waals surface area contributed by atoms with Gasteiger partial charge in [0, 0.05) is 12.2 Å². The van der Waals surface area contributed by atoms with Crippen LogP contribution in [0.15, 0.2) is 24.3 Å². The molecule has 1 aliphatic heterocycles. The number of esters is 2. The van der Waals surface area contributed by atoms with Crippen molar-refractivity contribution in [2.24, 2.45) is 0 Å². The average molecular weight is 224 g/mol. The maximum absolute atomic E-state index is 11.1. The second kappa shape index (κ2) is 7.68. The van der Waals surface area contributed by atoms with Crippen LogP contribution in [0, 0.1) is 0 Å². The van der Waals surface area contributed by atoms with Crippen LogP contribution in [0.4, 0.5) is 0 Å². The largest absolute Gasteiger partial charge is 0.463 e. The van der Waals surface area contributed by atoms with E-state index in [1.54, 1.807) is 0 Å². The molecule has 0 fully saturated rings. The summed E-state index contributed by atoms with van der Waals surface area (Å²) in [4.78, 5) is 22.1. The van der Waals surface area contributed by atoms with E-state index in [1.807, 2.05) is 0 Å². The van der Waals surface area contributed by atoms with Gasteiger partial charge in [0.25, 0.3) is 0 Å². The molecule has 16 heavy (non-hydrogen) atoms. The predicted octanol–water partition coefficient (Wildman–Crippen LogP) is 1.76. The number of carbonyl (C=O) groups is 2. The quantitative estimate of drug-likeness (QED) is 0.464. The van der Waals surface area contributed by atoms with Crippen molar-refractivity contribution < 1.29 is 19.1 Å². The number of ether oxygens (including phenoxy) is 2. The number of allylic oxidation sites excluding steroid dienone is 2. The number of cyclic esters (lactones) is 2. The molecule has 1 aliphatic rings. The van der Waals surface area contributed by atoms with E-state index in [-0.39, 0.29) is 0 Å². The van der Waals surface area contributed by atoms with Gasteiger partial charge in [-0.15, -0.1) is 0 Å². The van der Waals surface area contributed by atoms with Crippen molar-refractivity contribution in [3.05, 3.63) is 24.3 Å². The molecule has 0 aromatic heterocycles. The highest BCUT2D eigenvalue weighted by atomic mass is 16.5. The normalized spacial score (nSPS) is 23.8. The van der Waals surface area contributed by atoms with Crippen LogP contribution < -0.4 is 0 Å². The Balaban J connectivity index is 2.43. The molecule has 1 rings (SSSR count). The molecule has 0 N–H and O–H groups in total. The van der Waals surface area contributed by atoms with Crippen LogP contribution in [-0.2, 0) is 19.1 Å². The van der Waals surface area contributed by atoms with Crippen LogP contribution in [0.3, 0.4) is 0 Å². The third kappa shape index (κ3) is 6.01. The minimum Gasteiger partial charge on any atom is -0.463 e. The van der Waals surface area contributed by atoms with Crippen molar-refractivity contribution in [2.45, 2.75) is 25.7 Å². The van der Waals surface area contributed by atoms with Gasteiger partial charge >= 0.3 is 11.9 Å². The summed E-state index contributed by atoms with van der Waals surface area (Å²) < 4.78 is 9.74. The molecule has 1 heterocycles. The highest BCUT2D eigenvalue weighted by molar-refractivity contribution is 5.91. The van der Waals surface area contributed by atoms with Gasteiger partial charge < -0.3 is 9.47 Å². The standard InChI is InChI=1S/C12H16O4/c13-11-7-8-12(14)16-10-6-4-2-1-3-5-9-15-11/h1-2,7-8H,3-6,9-10H2/b2-1-,8-7-. The van der Waals surface area contributed by atoms with Gasteiger partial charge in [0.15, 0.2) is 0 Å². The Bertz CT molecular complexity index is 263. The molecular weight excluding hydrogens is 208 g/mol. The molecule has 4 heteroatoms. The molecule has 0 amide bonds. The zero-order valence-corrected chi connectivity index (χ0v) is 9.19. The van der Waals surface area contributed by atoms with E-state index in [2.05, 4.69) is 12.2 Å². The van der Waals surface area contributed by atoms with Gasteiger partial charge in [-0.05, 0) is 25.7 Å². The third-order valence-electron chi connectivity index (χ3n) is 2.04. The van der Waals surface area contributed by atoms with Gasteiger partial charge in [0.05, 0.1) is 13.2 Å². The number of carbonyl (C=O) groups excluding carboxylic acids is 2. The monoisotopic (exact) mass is 224 g/mol. The van der Waals surface area contributed by atoms with Crippen molar-refractivity contribution in [2.75, 3.05) is 13.2 Å². The summed E-state index contributed by atoms with van der Waals surface area (Å²) >= 11 is 0. The van der Waals surface area contributed by atoms with E-state index >= 15 is 0 Å². The Morgan fingerprint density at radius 2 is 1.25 bits per heavy atom. The lowest BCUT2D eigenvalue weighted by molar-refractivity contribution is -0.140. The Hall–Kier alpha value is -1.58. The molecule has 0 aromatic carbocycles. The van der Waals surface area contributed by atoms with Crippen molar-refractivity contribution >= 4 is 11.9 Å². The van der Waals surface area contributed by atoms with Gasteiger partial charge in [-0.25, -0.2) is 9.59 Å². The molecule has 0 saturated heterocycles. The van der Waals surface area contributed by atoms with E-state index in [1.165, 1.54) is 0 Å². The first-order chi connectivity index (χ1) is 7.79. The SMILES string of the molecule is O=C1/C=C\C(=O)OCCC/C=C\CCCO1. The highest BCUT2D eigenvalue weighted by Crippen LogP contribution is 1.99. The molecule has 0 unspecified atom stereocenters. The fourth-order valence-corrected chi connectivity index (χ4v) is 1.22. The van der Waals surface area contributed by atoms with Crippen LogP contribution in [-0.4, -0.2) is 25.2 Å². The molecule has 0 saturated carbocycles. The van der Waals surface area contributed by atoms with E-state index in [0.29, 0.717) is 13.2 Å². The second-order valence-electron chi connectivity index (χ2n) is 3.42. The Morgan fingerprint density at radius 1 is 0.812 bits per heavy atom. The van der Waals surface area contributed by atoms with Gasteiger partial charge in [-0.3, -0.25) is 0 Å². The first-order valence-electron chi connectivity index (χ1n) is 5.45.